The van der Waals surface area contributed by atoms with Crippen molar-refractivity contribution in [3.8, 4) is 0 Å². The molecule has 1 N–H and O–H groups in total. The molecule has 114 valence electrons. The van der Waals surface area contributed by atoms with Crippen molar-refractivity contribution in [3.63, 3.8) is 0 Å². The fraction of sp³-hybridized carbons (Fsp3) is 0.222. The normalized spacial score (nSPS) is 11.7. The molecule has 22 heavy (non-hydrogen) atoms. The second-order valence-corrected chi connectivity index (χ2v) is 6.38. The van der Waals surface area contributed by atoms with Crippen LogP contribution in [0.5, 0.6) is 0 Å². The molecule has 0 heterocycles. The summed E-state index contributed by atoms with van der Waals surface area (Å²) in [6.07, 6.45) is 0. The molecule has 1 amide bonds. The molecule has 1 atom stereocenters. The van der Waals surface area contributed by atoms with Gasteiger partial charge in [0.05, 0.1) is 5.75 Å². The average molecular weight is 313 g/mol. The van der Waals surface area contributed by atoms with Gasteiger partial charge in [-0.1, -0.05) is 42.5 Å². The number of amides is 1. The molecule has 0 radical (unpaired) electrons. The highest BCUT2D eigenvalue weighted by atomic mass is 32.2. The molecule has 0 spiro atoms. The molecule has 0 saturated heterocycles. The van der Waals surface area contributed by atoms with Gasteiger partial charge in [-0.3, -0.25) is 9.59 Å². The van der Waals surface area contributed by atoms with Crippen LogP contribution in [-0.4, -0.2) is 17.4 Å². The fourth-order valence-corrected chi connectivity index (χ4v) is 2.86. The van der Waals surface area contributed by atoms with Gasteiger partial charge in [0, 0.05) is 16.5 Å². The lowest BCUT2D eigenvalue weighted by Crippen LogP contribution is -2.15. The summed E-state index contributed by atoms with van der Waals surface area (Å²) in [5.41, 5.74) is 2.47. The Hall–Kier alpha value is -2.07. The summed E-state index contributed by atoms with van der Waals surface area (Å²) in [6.45, 7) is 3.60. The Morgan fingerprint density at radius 2 is 1.82 bits per heavy atom. The highest BCUT2D eigenvalue weighted by Gasteiger charge is 2.10. The van der Waals surface area contributed by atoms with Crippen LogP contribution in [0.25, 0.3) is 0 Å². The molecule has 2 aromatic carbocycles. The van der Waals surface area contributed by atoms with Crippen LogP contribution in [0.4, 0.5) is 5.69 Å². The van der Waals surface area contributed by atoms with Gasteiger partial charge in [-0.2, -0.15) is 0 Å². The fourth-order valence-electron chi connectivity index (χ4n) is 2.03. The molecule has 4 heteroatoms. The van der Waals surface area contributed by atoms with Gasteiger partial charge >= 0.3 is 0 Å². The van der Waals surface area contributed by atoms with Crippen molar-refractivity contribution in [2.75, 3.05) is 11.1 Å². The van der Waals surface area contributed by atoms with Crippen LogP contribution in [0.1, 0.15) is 35.0 Å². The lowest BCUT2D eigenvalue weighted by atomic mass is 10.1. The number of anilines is 1. The molecule has 0 saturated carbocycles. The van der Waals surface area contributed by atoms with E-state index >= 15 is 0 Å². The van der Waals surface area contributed by atoms with E-state index in [-0.39, 0.29) is 16.9 Å². The van der Waals surface area contributed by atoms with Gasteiger partial charge in [-0.15, -0.1) is 11.8 Å². The molecule has 0 aromatic heterocycles. The highest BCUT2D eigenvalue weighted by Crippen LogP contribution is 2.27. The van der Waals surface area contributed by atoms with Gasteiger partial charge in [0.15, 0.2) is 5.78 Å². The van der Waals surface area contributed by atoms with E-state index in [1.807, 2.05) is 18.2 Å². The van der Waals surface area contributed by atoms with E-state index in [9.17, 15) is 9.59 Å². The number of Topliss-reactive ketones (excluding diaryl/α,β-unsaturated/α-hetero) is 1. The number of benzene rings is 2. The Balaban J connectivity index is 1.88. The van der Waals surface area contributed by atoms with Crippen molar-refractivity contribution in [1.29, 1.82) is 0 Å². The van der Waals surface area contributed by atoms with E-state index in [4.69, 9.17) is 0 Å². The van der Waals surface area contributed by atoms with Gasteiger partial charge < -0.3 is 5.32 Å². The molecular formula is C18H19NO2S. The van der Waals surface area contributed by atoms with E-state index < -0.39 is 0 Å². The molecule has 0 bridgehead atoms. The van der Waals surface area contributed by atoms with E-state index in [1.54, 1.807) is 36.0 Å². The number of rotatable bonds is 6. The first-order valence-corrected chi connectivity index (χ1v) is 8.18. The zero-order valence-electron chi connectivity index (χ0n) is 12.7. The zero-order valence-corrected chi connectivity index (χ0v) is 13.5. The maximum absolute atomic E-state index is 12.0. The molecule has 0 fully saturated rings. The van der Waals surface area contributed by atoms with E-state index in [0.29, 0.717) is 17.0 Å². The lowest BCUT2D eigenvalue weighted by Gasteiger charge is -2.11. The molecular weight excluding hydrogens is 294 g/mol. The van der Waals surface area contributed by atoms with Gasteiger partial charge in [-0.25, -0.2) is 0 Å². The number of hydrogen-bond donors (Lipinski definition) is 1. The van der Waals surface area contributed by atoms with E-state index in [0.717, 1.165) is 0 Å². The summed E-state index contributed by atoms with van der Waals surface area (Å²) in [4.78, 5) is 23.4. The summed E-state index contributed by atoms with van der Waals surface area (Å²) in [5, 5.41) is 3.09. The molecule has 0 aliphatic carbocycles. The minimum atomic E-state index is -0.0616. The van der Waals surface area contributed by atoms with Crippen molar-refractivity contribution in [1.82, 2.24) is 0 Å². The van der Waals surface area contributed by atoms with Gasteiger partial charge in [0.2, 0.25) is 5.91 Å². The Morgan fingerprint density at radius 1 is 1.09 bits per heavy atom. The van der Waals surface area contributed by atoms with Gasteiger partial charge in [-0.05, 0) is 31.5 Å². The van der Waals surface area contributed by atoms with Crippen LogP contribution < -0.4 is 5.32 Å². The first-order valence-electron chi connectivity index (χ1n) is 7.13. The van der Waals surface area contributed by atoms with Crippen LogP contribution in [0.3, 0.4) is 0 Å². The van der Waals surface area contributed by atoms with Crippen LogP contribution in [-0.2, 0) is 4.79 Å². The SMILES string of the molecule is CC(=O)c1cccc(NC(=O)CSC(C)c2ccccc2)c1. The molecule has 0 aliphatic rings. The monoisotopic (exact) mass is 313 g/mol. The second kappa shape index (κ2) is 7.80. The maximum Gasteiger partial charge on any atom is 0.234 e. The van der Waals surface area contributed by atoms with E-state index in [2.05, 4.69) is 24.4 Å². The number of nitrogens with one attached hydrogen (secondary N) is 1. The quantitative estimate of drug-likeness (QED) is 0.808. The number of hydrogen-bond acceptors (Lipinski definition) is 3. The number of thioether (sulfide) groups is 1. The summed E-state index contributed by atoms with van der Waals surface area (Å²) >= 11 is 1.59. The number of ketones is 1. The van der Waals surface area contributed by atoms with Crippen molar-refractivity contribution in [2.24, 2.45) is 0 Å². The van der Waals surface area contributed by atoms with Crippen molar-refractivity contribution in [2.45, 2.75) is 19.1 Å². The standard InChI is InChI=1S/C18H19NO2S/c1-13(20)16-9-6-10-17(11-16)19-18(21)12-22-14(2)15-7-4-3-5-8-15/h3-11,14H,12H2,1-2H3,(H,19,21). The Morgan fingerprint density at radius 3 is 2.50 bits per heavy atom. The average Bonchev–Trinajstić information content (AvgIpc) is 2.53. The predicted octanol–water partition coefficient (Wildman–Crippen LogP) is 4.32. The number of carbonyl (C=O) groups excluding carboxylic acids is 2. The Kier molecular flexibility index (Phi) is 5.78. The number of carbonyl (C=O) groups is 2. The van der Waals surface area contributed by atoms with Gasteiger partial charge in [0.25, 0.3) is 0 Å². The van der Waals surface area contributed by atoms with Crippen molar-refractivity contribution < 1.29 is 9.59 Å². The van der Waals surface area contributed by atoms with Crippen LogP contribution in [0.15, 0.2) is 54.6 Å². The molecule has 3 nitrogen and oxygen atoms in total. The molecule has 0 aliphatic heterocycles. The lowest BCUT2D eigenvalue weighted by molar-refractivity contribution is -0.113. The third-order valence-corrected chi connectivity index (χ3v) is 4.49. The first kappa shape index (κ1) is 16.3. The minimum Gasteiger partial charge on any atom is -0.325 e. The van der Waals surface area contributed by atoms with Crippen molar-refractivity contribution in [3.05, 3.63) is 65.7 Å². The highest BCUT2D eigenvalue weighted by molar-refractivity contribution is 8.00. The summed E-state index contributed by atoms with van der Waals surface area (Å²) in [7, 11) is 0. The minimum absolute atomic E-state index is 0.0110. The molecule has 1 unspecified atom stereocenters. The first-order chi connectivity index (χ1) is 10.6. The van der Waals surface area contributed by atoms with Gasteiger partial charge in [0.1, 0.15) is 0 Å². The van der Waals surface area contributed by atoms with E-state index in [1.165, 1.54) is 12.5 Å². The molecule has 2 aromatic rings. The topological polar surface area (TPSA) is 46.2 Å². The maximum atomic E-state index is 12.0. The largest absolute Gasteiger partial charge is 0.325 e. The predicted molar refractivity (Wildman–Crippen MR) is 92.4 cm³/mol. The zero-order chi connectivity index (χ0) is 15.9. The smallest absolute Gasteiger partial charge is 0.234 e. The third-order valence-electron chi connectivity index (χ3n) is 3.29. The third kappa shape index (κ3) is 4.74. The van der Waals surface area contributed by atoms with Crippen LogP contribution in [0, 0.1) is 0 Å². The Bertz CT molecular complexity index is 655. The Labute approximate surface area is 135 Å². The molecule has 2 rings (SSSR count). The summed E-state index contributed by atoms with van der Waals surface area (Å²) in [6, 6.07) is 17.1. The summed E-state index contributed by atoms with van der Waals surface area (Å²) < 4.78 is 0. The van der Waals surface area contributed by atoms with Crippen LogP contribution in [0.2, 0.25) is 0 Å². The van der Waals surface area contributed by atoms with Crippen molar-refractivity contribution >= 4 is 29.1 Å². The van der Waals surface area contributed by atoms with Crippen LogP contribution >= 0.6 is 11.8 Å². The second-order valence-electron chi connectivity index (χ2n) is 5.05. The summed E-state index contributed by atoms with van der Waals surface area (Å²) in [5.74, 6) is 0.303.